The molecule has 4 aromatic rings. The number of aryl methyl sites for hydroxylation is 3. The number of aromatic nitrogens is 1. The number of pyridine rings is 1. The molecule has 0 unspecified atom stereocenters. The number of ether oxygens (including phenoxy) is 1. The fourth-order valence-electron chi connectivity index (χ4n) is 3.95. The van der Waals surface area contributed by atoms with Crippen LogP contribution in [-0.2, 0) is 4.74 Å². The molecule has 4 heteroatoms. The first-order valence-corrected chi connectivity index (χ1v) is 11.0. The van der Waals surface area contributed by atoms with Gasteiger partial charge in [0, 0.05) is 16.5 Å². The van der Waals surface area contributed by atoms with Gasteiger partial charge in [0.1, 0.15) is 0 Å². The molecule has 0 spiro atoms. The quantitative estimate of drug-likeness (QED) is 0.262. The second-order valence-corrected chi connectivity index (χ2v) is 8.62. The minimum atomic E-state index is -0.907. The Morgan fingerprint density at radius 2 is 1.36 bits per heavy atom. The lowest BCUT2D eigenvalue weighted by molar-refractivity contribution is 0.0320. The van der Waals surface area contributed by atoms with Gasteiger partial charge >= 0.3 is 5.97 Å². The minimum absolute atomic E-state index is 0.227. The van der Waals surface area contributed by atoms with E-state index < -0.39 is 12.1 Å². The second kappa shape index (κ2) is 8.99. The standard InChI is InChI=1S/C29H27NO3/c1-17-6-11-22(12-7-17)27-20(4)26(24-16-19(3)10-15-25(24)30-27)29(32)33-21(5)28(31)23-13-8-18(2)9-14-23/h6-16,21H,1-5H3/t21-/m1/s1. The lowest BCUT2D eigenvalue weighted by atomic mass is 9.96. The van der Waals surface area contributed by atoms with E-state index >= 15 is 0 Å². The molecule has 0 saturated heterocycles. The van der Waals surface area contributed by atoms with Crippen LogP contribution in [0.5, 0.6) is 0 Å². The van der Waals surface area contributed by atoms with Crippen molar-refractivity contribution in [3.05, 3.63) is 100 Å². The van der Waals surface area contributed by atoms with Gasteiger partial charge in [0.2, 0.25) is 5.78 Å². The average Bonchev–Trinajstić information content (AvgIpc) is 2.79. The van der Waals surface area contributed by atoms with Gasteiger partial charge in [-0.1, -0.05) is 71.3 Å². The maximum atomic E-state index is 13.4. The molecular weight excluding hydrogens is 410 g/mol. The number of esters is 1. The third kappa shape index (κ3) is 4.56. The average molecular weight is 438 g/mol. The van der Waals surface area contributed by atoms with Crippen LogP contribution in [0.15, 0.2) is 66.7 Å². The number of Topliss-reactive ketones (excluding diaryl/α,β-unsaturated/α-hetero) is 1. The van der Waals surface area contributed by atoms with Crippen molar-refractivity contribution in [1.82, 2.24) is 4.98 Å². The largest absolute Gasteiger partial charge is 0.451 e. The number of fused-ring (bicyclic) bond motifs is 1. The maximum Gasteiger partial charge on any atom is 0.339 e. The summed E-state index contributed by atoms with van der Waals surface area (Å²) >= 11 is 0. The van der Waals surface area contributed by atoms with Crippen LogP contribution in [0.3, 0.4) is 0 Å². The zero-order valence-electron chi connectivity index (χ0n) is 19.6. The third-order valence-electron chi connectivity index (χ3n) is 5.90. The first-order chi connectivity index (χ1) is 15.7. The van der Waals surface area contributed by atoms with Crippen LogP contribution in [0.2, 0.25) is 0 Å². The van der Waals surface area contributed by atoms with Gasteiger partial charge in [-0.25, -0.2) is 9.78 Å². The van der Waals surface area contributed by atoms with Crippen molar-refractivity contribution in [2.24, 2.45) is 0 Å². The van der Waals surface area contributed by atoms with Crippen molar-refractivity contribution in [2.45, 2.75) is 40.7 Å². The summed E-state index contributed by atoms with van der Waals surface area (Å²) in [5.74, 6) is -0.749. The molecule has 3 aromatic carbocycles. The summed E-state index contributed by atoms with van der Waals surface area (Å²) in [7, 11) is 0. The van der Waals surface area contributed by atoms with E-state index in [0.29, 0.717) is 16.6 Å². The molecular formula is C29H27NO3. The lowest BCUT2D eigenvalue weighted by Gasteiger charge is -2.17. The number of ketones is 1. The molecule has 0 radical (unpaired) electrons. The van der Waals surface area contributed by atoms with Crippen LogP contribution in [-0.4, -0.2) is 22.8 Å². The van der Waals surface area contributed by atoms with Gasteiger partial charge in [0.25, 0.3) is 0 Å². The highest BCUT2D eigenvalue weighted by Crippen LogP contribution is 2.31. The molecule has 0 aliphatic rings. The highest BCUT2D eigenvalue weighted by atomic mass is 16.5. The summed E-state index contributed by atoms with van der Waals surface area (Å²) in [6, 6.07) is 21.2. The van der Waals surface area contributed by atoms with Crippen molar-refractivity contribution >= 4 is 22.7 Å². The summed E-state index contributed by atoms with van der Waals surface area (Å²) in [6.45, 7) is 9.46. The SMILES string of the molecule is Cc1ccc(C(=O)[C@@H](C)OC(=O)c2c(C)c(-c3ccc(C)cc3)nc3ccc(C)cc23)cc1. The molecule has 0 amide bonds. The predicted molar refractivity (Wildman–Crippen MR) is 132 cm³/mol. The van der Waals surface area contributed by atoms with E-state index in [1.54, 1.807) is 19.1 Å². The van der Waals surface area contributed by atoms with E-state index in [9.17, 15) is 9.59 Å². The fraction of sp³-hybridized carbons (Fsp3) is 0.207. The van der Waals surface area contributed by atoms with Crippen LogP contribution in [0.1, 0.15) is 49.9 Å². The normalized spacial score (nSPS) is 11.9. The Bertz CT molecular complexity index is 1350. The van der Waals surface area contributed by atoms with E-state index in [1.807, 2.05) is 82.3 Å². The monoisotopic (exact) mass is 437 g/mol. The van der Waals surface area contributed by atoms with Crippen molar-refractivity contribution < 1.29 is 14.3 Å². The number of carbonyl (C=O) groups excluding carboxylic acids is 2. The highest BCUT2D eigenvalue weighted by molar-refractivity contribution is 6.08. The summed E-state index contributed by atoms with van der Waals surface area (Å²) in [6.07, 6.45) is -0.907. The summed E-state index contributed by atoms with van der Waals surface area (Å²) < 4.78 is 5.71. The molecule has 4 rings (SSSR count). The van der Waals surface area contributed by atoms with Gasteiger partial charge in [0.05, 0.1) is 16.8 Å². The number of hydrogen-bond donors (Lipinski definition) is 0. The molecule has 1 aromatic heterocycles. The molecule has 33 heavy (non-hydrogen) atoms. The first-order valence-electron chi connectivity index (χ1n) is 11.0. The van der Waals surface area contributed by atoms with Crippen LogP contribution in [0.4, 0.5) is 0 Å². The summed E-state index contributed by atoms with van der Waals surface area (Å²) in [5, 5.41) is 0.725. The number of rotatable bonds is 5. The Labute approximate surface area is 194 Å². The van der Waals surface area contributed by atoms with Crippen LogP contribution < -0.4 is 0 Å². The number of benzene rings is 3. The van der Waals surface area contributed by atoms with Gasteiger partial charge in [-0.15, -0.1) is 0 Å². The Hall–Kier alpha value is -3.79. The van der Waals surface area contributed by atoms with Crippen LogP contribution in [0.25, 0.3) is 22.2 Å². The molecule has 4 nitrogen and oxygen atoms in total. The number of hydrogen-bond acceptors (Lipinski definition) is 4. The van der Waals surface area contributed by atoms with Crippen LogP contribution >= 0.6 is 0 Å². The van der Waals surface area contributed by atoms with E-state index in [4.69, 9.17) is 9.72 Å². The van der Waals surface area contributed by atoms with E-state index in [1.165, 1.54) is 0 Å². The van der Waals surface area contributed by atoms with Crippen LogP contribution in [0, 0.1) is 27.7 Å². The summed E-state index contributed by atoms with van der Waals surface area (Å²) in [5.41, 5.74) is 7.31. The Morgan fingerprint density at radius 1 is 0.788 bits per heavy atom. The van der Waals surface area contributed by atoms with E-state index in [-0.39, 0.29) is 5.78 Å². The zero-order chi connectivity index (χ0) is 23.7. The molecule has 0 fully saturated rings. The first kappa shape index (κ1) is 22.4. The molecule has 1 atom stereocenters. The van der Waals surface area contributed by atoms with Crippen molar-refractivity contribution in [3.8, 4) is 11.3 Å². The Balaban J connectivity index is 1.76. The fourth-order valence-corrected chi connectivity index (χ4v) is 3.95. The van der Waals surface area contributed by atoms with Gasteiger partial charge in [-0.05, 0) is 52.3 Å². The maximum absolute atomic E-state index is 13.4. The van der Waals surface area contributed by atoms with Crippen molar-refractivity contribution in [1.29, 1.82) is 0 Å². The Morgan fingerprint density at radius 3 is 2.00 bits per heavy atom. The van der Waals surface area contributed by atoms with Crippen molar-refractivity contribution in [3.63, 3.8) is 0 Å². The smallest absolute Gasteiger partial charge is 0.339 e. The van der Waals surface area contributed by atoms with Crippen molar-refractivity contribution in [2.75, 3.05) is 0 Å². The second-order valence-electron chi connectivity index (χ2n) is 8.62. The van der Waals surface area contributed by atoms with E-state index in [0.717, 1.165) is 38.9 Å². The van der Waals surface area contributed by atoms with Gasteiger partial charge in [-0.3, -0.25) is 4.79 Å². The highest BCUT2D eigenvalue weighted by Gasteiger charge is 2.25. The Kier molecular flexibility index (Phi) is 6.10. The molecule has 0 N–H and O–H groups in total. The number of nitrogens with zero attached hydrogens (tertiary/aromatic N) is 1. The minimum Gasteiger partial charge on any atom is -0.451 e. The topological polar surface area (TPSA) is 56.3 Å². The number of carbonyl (C=O) groups is 2. The van der Waals surface area contributed by atoms with Gasteiger partial charge in [-0.2, -0.15) is 0 Å². The third-order valence-corrected chi connectivity index (χ3v) is 5.90. The van der Waals surface area contributed by atoms with E-state index in [2.05, 4.69) is 0 Å². The lowest BCUT2D eigenvalue weighted by Crippen LogP contribution is -2.25. The predicted octanol–water partition coefficient (Wildman–Crippen LogP) is 6.56. The molecule has 166 valence electrons. The summed E-state index contributed by atoms with van der Waals surface area (Å²) in [4.78, 5) is 31.1. The zero-order valence-corrected chi connectivity index (χ0v) is 19.6. The molecule has 0 aliphatic heterocycles. The van der Waals surface area contributed by atoms with Gasteiger partial charge < -0.3 is 4.74 Å². The molecule has 0 saturated carbocycles. The molecule has 0 aliphatic carbocycles. The van der Waals surface area contributed by atoms with Gasteiger partial charge in [0.15, 0.2) is 6.10 Å². The molecule has 1 heterocycles. The molecule has 0 bridgehead atoms.